The Labute approximate surface area is 122 Å². The predicted octanol–water partition coefficient (Wildman–Crippen LogP) is 2.89. The van der Waals surface area contributed by atoms with E-state index in [2.05, 4.69) is 10.3 Å². The molecule has 0 unspecified atom stereocenters. The molecule has 3 rings (SSSR count). The Bertz CT molecular complexity index is 807. The third-order valence-corrected chi connectivity index (χ3v) is 3.34. The highest BCUT2D eigenvalue weighted by molar-refractivity contribution is 6.04. The zero-order valence-corrected chi connectivity index (χ0v) is 11.7. The predicted molar refractivity (Wildman–Crippen MR) is 84.2 cm³/mol. The maximum atomic E-state index is 12.3. The number of rotatable bonds is 3. The number of pyridine rings is 1. The molecule has 0 atom stereocenters. The summed E-state index contributed by atoms with van der Waals surface area (Å²) in [6.45, 7) is 2.66. The van der Waals surface area contributed by atoms with E-state index in [0.717, 1.165) is 10.9 Å². The van der Waals surface area contributed by atoms with Crippen LogP contribution in [0.15, 0.2) is 48.8 Å². The number of hydrogen-bond acceptors (Lipinski definition) is 3. The van der Waals surface area contributed by atoms with Gasteiger partial charge < -0.3 is 15.6 Å². The van der Waals surface area contributed by atoms with E-state index in [-0.39, 0.29) is 5.91 Å². The fraction of sp³-hybridized carbons (Fsp3) is 0.125. The van der Waals surface area contributed by atoms with Gasteiger partial charge in [0.05, 0.1) is 23.1 Å². The van der Waals surface area contributed by atoms with Gasteiger partial charge in [-0.25, -0.2) is 0 Å². The van der Waals surface area contributed by atoms with Crippen molar-refractivity contribution in [1.29, 1.82) is 0 Å². The van der Waals surface area contributed by atoms with Crippen molar-refractivity contribution < 1.29 is 4.79 Å². The van der Waals surface area contributed by atoms with Crippen LogP contribution in [0.25, 0.3) is 10.9 Å². The van der Waals surface area contributed by atoms with E-state index < -0.39 is 0 Å². The molecule has 0 radical (unpaired) electrons. The molecule has 3 aromatic rings. The summed E-state index contributed by atoms with van der Waals surface area (Å²) >= 11 is 0. The first kappa shape index (κ1) is 13.2. The molecule has 21 heavy (non-hydrogen) atoms. The summed E-state index contributed by atoms with van der Waals surface area (Å²) in [6.07, 6.45) is 3.41. The normalized spacial score (nSPS) is 10.7. The molecule has 1 amide bonds. The number of nitrogens with one attached hydrogen (secondary N) is 1. The number of carbonyl (C=O) groups excluding carboxylic acids is 1. The fourth-order valence-electron chi connectivity index (χ4n) is 2.32. The van der Waals surface area contributed by atoms with Crippen LogP contribution >= 0.6 is 0 Å². The van der Waals surface area contributed by atoms with Crippen LogP contribution in [0.2, 0.25) is 0 Å². The lowest BCUT2D eigenvalue weighted by Crippen LogP contribution is -2.16. The molecule has 5 heteroatoms. The molecule has 0 spiro atoms. The highest BCUT2D eigenvalue weighted by Crippen LogP contribution is 2.18. The molecule has 0 saturated heterocycles. The van der Waals surface area contributed by atoms with E-state index in [1.165, 1.54) is 0 Å². The Morgan fingerprint density at radius 3 is 2.95 bits per heavy atom. The maximum Gasteiger partial charge on any atom is 0.272 e. The maximum absolute atomic E-state index is 12.3. The third-order valence-electron chi connectivity index (χ3n) is 3.34. The summed E-state index contributed by atoms with van der Waals surface area (Å²) in [5.74, 6) is -0.189. The van der Waals surface area contributed by atoms with E-state index in [1.807, 2.05) is 41.8 Å². The van der Waals surface area contributed by atoms with E-state index >= 15 is 0 Å². The zero-order valence-electron chi connectivity index (χ0n) is 11.7. The molecule has 106 valence electrons. The van der Waals surface area contributed by atoms with Crippen molar-refractivity contribution in [3.05, 3.63) is 54.5 Å². The number of hydrogen-bond donors (Lipinski definition) is 2. The molecule has 0 fully saturated rings. The molecule has 1 aromatic carbocycles. The monoisotopic (exact) mass is 280 g/mol. The van der Waals surface area contributed by atoms with Crippen molar-refractivity contribution in [2.24, 2.45) is 0 Å². The van der Waals surface area contributed by atoms with E-state index in [4.69, 9.17) is 5.73 Å². The van der Waals surface area contributed by atoms with Crippen LogP contribution < -0.4 is 11.1 Å². The summed E-state index contributed by atoms with van der Waals surface area (Å²) in [6, 6.07) is 11.4. The van der Waals surface area contributed by atoms with Gasteiger partial charge in [0.15, 0.2) is 0 Å². The molecule has 0 aliphatic rings. The van der Waals surface area contributed by atoms with Crippen LogP contribution in [0.5, 0.6) is 0 Å². The number of aryl methyl sites for hydroxylation is 1. The molecule has 0 saturated carbocycles. The Balaban J connectivity index is 1.88. The lowest BCUT2D eigenvalue weighted by molar-refractivity contribution is 0.101. The fourth-order valence-corrected chi connectivity index (χ4v) is 2.32. The van der Waals surface area contributed by atoms with Gasteiger partial charge in [0, 0.05) is 18.1 Å². The van der Waals surface area contributed by atoms with Gasteiger partial charge in [0.25, 0.3) is 5.91 Å². The van der Waals surface area contributed by atoms with Crippen LogP contribution in [0.3, 0.4) is 0 Å². The second-order valence-electron chi connectivity index (χ2n) is 4.82. The third kappa shape index (κ3) is 2.58. The van der Waals surface area contributed by atoms with Gasteiger partial charge >= 0.3 is 0 Å². The average Bonchev–Trinajstić information content (AvgIpc) is 2.88. The summed E-state index contributed by atoms with van der Waals surface area (Å²) in [5, 5.41) is 3.85. The van der Waals surface area contributed by atoms with Crippen molar-refractivity contribution in [2.75, 3.05) is 11.1 Å². The standard InChI is InChI=1S/C16H16N4O/c1-2-20-10-12(17)8-15(20)16(21)19-13-7-11-5-3-4-6-14(11)18-9-13/h3-10H,2,17H2,1H3,(H,19,21). The van der Waals surface area contributed by atoms with Crippen molar-refractivity contribution in [3.8, 4) is 0 Å². The number of anilines is 2. The molecule has 0 bridgehead atoms. The first-order chi connectivity index (χ1) is 10.2. The van der Waals surface area contributed by atoms with Crippen LogP contribution in [0.4, 0.5) is 11.4 Å². The molecule has 0 aliphatic carbocycles. The van der Waals surface area contributed by atoms with Crippen molar-refractivity contribution >= 4 is 28.2 Å². The Hall–Kier alpha value is -2.82. The van der Waals surface area contributed by atoms with E-state index in [0.29, 0.717) is 23.6 Å². The Morgan fingerprint density at radius 2 is 2.14 bits per heavy atom. The second kappa shape index (κ2) is 5.28. The molecule has 3 N–H and O–H groups in total. The number of nitrogens with two attached hydrogens (primary N) is 1. The first-order valence-electron chi connectivity index (χ1n) is 6.79. The molecular weight excluding hydrogens is 264 g/mol. The first-order valence-corrected chi connectivity index (χ1v) is 6.79. The summed E-state index contributed by atoms with van der Waals surface area (Å²) in [7, 11) is 0. The minimum absolute atomic E-state index is 0.189. The lowest BCUT2D eigenvalue weighted by Gasteiger charge is -2.08. The number of nitrogen functional groups attached to an aromatic ring is 1. The zero-order chi connectivity index (χ0) is 14.8. The molecule has 2 heterocycles. The van der Waals surface area contributed by atoms with Crippen molar-refractivity contribution in [2.45, 2.75) is 13.5 Å². The topological polar surface area (TPSA) is 72.9 Å². The van der Waals surface area contributed by atoms with Crippen LogP contribution in [0.1, 0.15) is 17.4 Å². The number of benzene rings is 1. The second-order valence-corrected chi connectivity index (χ2v) is 4.82. The highest BCUT2D eigenvalue weighted by Gasteiger charge is 2.12. The molecular formula is C16H16N4O. The molecule has 0 aliphatic heterocycles. The number of para-hydroxylation sites is 1. The number of carbonyl (C=O) groups is 1. The molecule has 5 nitrogen and oxygen atoms in total. The lowest BCUT2D eigenvalue weighted by atomic mass is 10.2. The highest BCUT2D eigenvalue weighted by atomic mass is 16.1. The summed E-state index contributed by atoms with van der Waals surface area (Å²) in [4.78, 5) is 16.7. The molecule has 2 aromatic heterocycles. The van der Waals surface area contributed by atoms with Gasteiger partial charge in [-0.05, 0) is 25.1 Å². The average molecular weight is 280 g/mol. The van der Waals surface area contributed by atoms with Gasteiger partial charge in [0.2, 0.25) is 0 Å². The largest absolute Gasteiger partial charge is 0.397 e. The van der Waals surface area contributed by atoms with Crippen molar-refractivity contribution in [3.63, 3.8) is 0 Å². The van der Waals surface area contributed by atoms with Crippen molar-refractivity contribution in [1.82, 2.24) is 9.55 Å². The minimum Gasteiger partial charge on any atom is -0.397 e. The summed E-state index contributed by atoms with van der Waals surface area (Å²) in [5.41, 5.74) is 8.44. The van der Waals surface area contributed by atoms with Crippen LogP contribution in [0, 0.1) is 0 Å². The number of nitrogens with zero attached hydrogens (tertiary/aromatic N) is 2. The Morgan fingerprint density at radius 1 is 1.33 bits per heavy atom. The van der Waals surface area contributed by atoms with Gasteiger partial charge in [-0.1, -0.05) is 18.2 Å². The minimum atomic E-state index is -0.189. The van der Waals surface area contributed by atoms with Crippen LogP contribution in [-0.2, 0) is 6.54 Å². The number of aromatic nitrogens is 2. The SMILES string of the molecule is CCn1cc(N)cc1C(=O)Nc1cnc2ccccc2c1. The quantitative estimate of drug-likeness (QED) is 0.774. The van der Waals surface area contributed by atoms with E-state index in [1.54, 1.807) is 18.5 Å². The number of fused-ring (bicyclic) bond motifs is 1. The summed E-state index contributed by atoms with van der Waals surface area (Å²) < 4.78 is 1.82. The van der Waals surface area contributed by atoms with Gasteiger partial charge in [0.1, 0.15) is 5.69 Å². The van der Waals surface area contributed by atoms with Crippen LogP contribution in [-0.4, -0.2) is 15.5 Å². The van der Waals surface area contributed by atoms with Gasteiger partial charge in [-0.3, -0.25) is 9.78 Å². The van der Waals surface area contributed by atoms with Gasteiger partial charge in [-0.2, -0.15) is 0 Å². The van der Waals surface area contributed by atoms with Gasteiger partial charge in [-0.15, -0.1) is 0 Å². The Kier molecular flexibility index (Phi) is 3.31. The van der Waals surface area contributed by atoms with E-state index in [9.17, 15) is 4.79 Å². The number of amides is 1. The smallest absolute Gasteiger partial charge is 0.272 e.